The van der Waals surface area contributed by atoms with Crippen LogP contribution in [0, 0.1) is 11.7 Å². The van der Waals surface area contributed by atoms with Gasteiger partial charge in [-0.3, -0.25) is 4.79 Å². The molecule has 21 heavy (non-hydrogen) atoms. The molecule has 0 saturated heterocycles. The van der Waals surface area contributed by atoms with Crippen molar-refractivity contribution in [2.45, 2.75) is 38.8 Å². The second-order valence-corrected chi connectivity index (χ2v) is 5.59. The van der Waals surface area contributed by atoms with E-state index < -0.39 is 5.82 Å². The maximum Gasteiger partial charge on any atom is 0.226 e. The Balaban J connectivity index is 2.04. The van der Waals surface area contributed by atoms with Crippen LogP contribution in [0.5, 0.6) is 5.75 Å². The van der Waals surface area contributed by atoms with Crippen LogP contribution in [0.3, 0.4) is 0 Å². The molecule has 0 bridgehead atoms. The summed E-state index contributed by atoms with van der Waals surface area (Å²) in [5.74, 6) is -0.0407. The van der Waals surface area contributed by atoms with Gasteiger partial charge in [0.1, 0.15) is 0 Å². The normalized spacial score (nSPS) is 21.3. The predicted molar refractivity (Wildman–Crippen MR) is 79.4 cm³/mol. The first-order chi connectivity index (χ1) is 10.0. The van der Waals surface area contributed by atoms with Crippen molar-refractivity contribution in [1.82, 2.24) is 4.90 Å². The molecule has 0 aliphatic heterocycles. The molecule has 0 spiro atoms. The minimum atomic E-state index is -0.401. The van der Waals surface area contributed by atoms with Gasteiger partial charge < -0.3 is 15.4 Å². The number of benzene rings is 1. The Morgan fingerprint density at radius 1 is 1.48 bits per heavy atom. The van der Waals surface area contributed by atoms with Gasteiger partial charge in [-0.15, -0.1) is 0 Å². The van der Waals surface area contributed by atoms with E-state index in [1.807, 2.05) is 6.92 Å². The van der Waals surface area contributed by atoms with Crippen LogP contribution < -0.4 is 10.5 Å². The lowest BCUT2D eigenvalue weighted by Gasteiger charge is -2.24. The maximum atomic E-state index is 13.7. The molecule has 1 amide bonds. The average Bonchev–Trinajstić information content (AvgIpc) is 2.91. The van der Waals surface area contributed by atoms with Gasteiger partial charge >= 0.3 is 0 Å². The van der Waals surface area contributed by atoms with Crippen LogP contribution in [0.4, 0.5) is 4.39 Å². The molecule has 5 heteroatoms. The number of methoxy groups -OCH3 is 1. The van der Waals surface area contributed by atoms with Crippen molar-refractivity contribution >= 4 is 5.91 Å². The summed E-state index contributed by atoms with van der Waals surface area (Å²) >= 11 is 0. The summed E-state index contributed by atoms with van der Waals surface area (Å²) in [6.45, 7) is 2.97. The monoisotopic (exact) mass is 294 g/mol. The van der Waals surface area contributed by atoms with Crippen LogP contribution in [0.25, 0.3) is 0 Å². The van der Waals surface area contributed by atoms with Crippen molar-refractivity contribution in [3.63, 3.8) is 0 Å². The average molecular weight is 294 g/mol. The molecular weight excluding hydrogens is 271 g/mol. The fourth-order valence-corrected chi connectivity index (χ4v) is 2.87. The van der Waals surface area contributed by atoms with Crippen LogP contribution in [-0.2, 0) is 11.3 Å². The molecule has 1 aliphatic carbocycles. The minimum absolute atomic E-state index is 0.0167. The number of carbonyl (C=O) groups excluding carboxylic acids is 1. The van der Waals surface area contributed by atoms with E-state index in [0.29, 0.717) is 13.1 Å². The van der Waals surface area contributed by atoms with Gasteiger partial charge in [0.25, 0.3) is 0 Å². The zero-order chi connectivity index (χ0) is 15.4. The number of hydrogen-bond donors (Lipinski definition) is 1. The molecular formula is C16H23FN2O2. The zero-order valence-electron chi connectivity index (χ0n) is 12.6. The first-order valence-electron chi connectivity index (χ1n) is 7.42. The van der Waals surface area contributed by atoms with E-state index in [1.165, 1.54) is 13.2 Å². The Kier molecular flexibility index (Phi) is 5.17. The third-order valence-electron chi connectivity index (χ3n) is 4.11. The summed E-state index contributed by atoms with van der Waals surface area (Å²) in [5, 5.41) is 0. The molecule has 0 heterocycles. The van der Waals surface area contributed by atoms with Crippen molar-refractivity contribution < 1.29 is 13.9 Å². The number of hydrogen-bond acceptors (Lipinski definition) is 3. The third-order valence-corrected chi connectivity index (χ3v) is 4.11. The van der Waals surface area contributed by atoms with Crippen LogP contribution >= 0.6 is 0 Å². The van der Waals surface area contributed by atoms with E-state index in [9.17, 15) is 9.18 Å². The summed E-state index contributed by atoms with van der Waals surface area (Å²) in [4.78, 5) is 14.3. The number of nitrogens with two attached hydrogens (primary N) is 1. The van der Waals surface area contributed by atoms with Gasteiger partial charge in [-0.2, -0.15) is 0 Å². The van der Waals surface area contributed by atoms with Gasteiger partial charge in [-0.1, -0.05) is 6.07 Å². The number of amides is 1. The van der Waals surface area contributed by atoms with Crippen LogP contribution in [0.1, 0.15) is 31.7 Å². The molecule has 1 fully saturated rings. The topological polar surface area (TPSA) is 55.6 Å². The quantitative estimate of drug-likeness (QED) is 0.906. The molecule has 2 rings (SSSR count). The molecule has 0 aromatic heterocycles. The van der Waals surface area contributed by atoms with Gasteiger partial charge in [0.2, 0.25) is 5.91 Å². The second kappa shape index (κ2) is 6.89. The van der Waals surface area contributed by atoms with Gasteiger partial charge in [0.15, 0.2) is 11.6 Å². The zero-order valence-corrected chi connectivity index (χ0v) is 12.6. The molecule has 1 aliphatic rings. The molecule has 2 atom stereocenters. The van der Waals surface area contributed by atoms with Crippen molar-refractivity contribution in [1.29, 1.82) is 0 Å². The summed E-state index contributed by atoms with van der Waals surface area (Å²) in [6.07, 6.45) is 2.52. The number of carbonyl (C=O) groups is 1. The highest BCUT2D eigenvalue weighted by molar-refractivity contribution is 5.79. The lowest BCUT2D eigenvalue weighted by molar-refractivity contribution is -0.135. The van der Waals surface area contributed by atoms with E-state index in [-0.39, 0.29) is 23.6 Å². The standard InChI is InChI=1S/C16H23FN2O2/c1-3-19(16(20)12-5-6-13(18)9-12)10-11-4-7-15(21-2)14(17)8-11/h4,7-8,12-13H,3,5-6,9-10,18H2,1-2H3. The summed E-state index contributed by atoms with van der Waals surface area (Å²) in [7, 11) is 1.43. The molecule has 1 aromatic rings. The Labute approximate surface area is 125 Å². The highest BCUT2D eigenvalue weighted by Crippen LogP contribution is 2.27. The van der Waals surface area contributed by atoms with Crippen LogP contribution in [-0.4, -0.2) is 30.5 Å². The van der Waals surface area contributed by atoms with Crippen molar-refractivity contribution in [2.75, 3.05) is 13.7 Å². The molecule has 116 valence electrons. The molecule has 2 unspecified atom stereocenters. The van der Waals surface area contributed by atoms with Gasteiger partial charge in [-0.05, 0) is 43.9 Å². The second-order valence-electron chi connectivity index (χ2n) is 5.59. The first kappa shape index (κ1) is 15.8. The number of nitrogens with zero attached hydrogens (tertiary/aromatic N) is 1. The molecule has 4 nitrogen and oxygen atoms in total. The Morgan fingerprint density at radius 3 is 2.76 bits per heavy atom. The van der Waals surface area contributed by atoms with E-state index in [0.717, 1.165) is 24.8 Å². The fraction of sp³-hybridized carbons (Fsp3) is 0.562. The Hall–Kier alpha value is -1.62. The highest BCUT2D eigenvalue weighted by atomic mass is 19.1. The number of ether oxygens (including phenoxy) is 1. The van der Waals surface area contributed by atoms with Gasteiger partial charge in [0.05, 0.1) is 7.11 Å². The highest BCUT2D eigenvalue weighted by Gasteiger charge is 2.30. The van der Waals surface area contributed by atoms with E-state index in [1.54, 1.807) is 17.0 Å². The van der Waals surface area contributed by atoms with Crippen LogP contribution in [0.2, 0.25) is 0 Å². The van der Waals surface area contributed by atoms with Gasteiger partial charge in [-0.25, -0.2) is 4.39 Å². The summed E-state index contributed by atoms with van der Waals surface area (Å²) in [5.41, 5.74) is 6.64. The first-order valence-corrected chi connectivity index (χ1v) is 7.42. The smallest absolute Gasteiger partial charge is 0.226 e. The van der Waals surface area contributed by atoms with E-state index in [2.05, 4.69) is 0 Å². The molecule has 0 radical (unpaired) electrons. The number of rotatable bonds is 5. The third kappa shape index (κ3) is 3.73. The molecule has 2 N–H and O–H groups in total. The molecule has 1 saturated carbocycles. The van der Waals surface area contributed by atoms with Crippen LogP contribution in [0.15, 0.2) is 18.2 Å². The maximum absolute atomic E-state index is 13.7. The molecule has 1 aromatic carbocycles. The van der Waals surface area contributed by atoms with Crippen molar-refractivity contribution in [3.8, 4) is 5.75 Å². The fourth-order valence-electron chi connectivity index (χ4n) is 2.87. The lowest BCUT2D eigenvalue weighted by Crippen LogP contribution is -2.35. The number of halogens is 1. The summed E-state index contributed by atoms with van der Waals surface area (Å²) in [6, 6.07) is 4.94. The van der Waals surface area contributed by atoms with Gasteiger partial charge in [0, 0.05) is 25.0 Å². The lowest BCUT2D eigenvalue weighted by atomic mass is 10.1. The summed E-state index contributed by atoms with van der Waals surface area (Å²) < 4.78 is 18.6. The Bertz CT molecular complexity index is 507. The minimum Gasteiger partial charge on any atom is -0.494 e. The Morgan fingerprint density at radius 2 is 2.24 bits per heavy atom. The SMILES string of the molecule is CCN(Cc1ccc(OC)c(F)c1)C(=O)C1CCC(N)C1. The van der Waals surface area contributed by atoms with Crippen molar-refractivity contribution in [3.05, 3.63) is 29.6 Å². The van der Waals surface area contributed by atoms with E-state index >= 15 is 0 Å². The predicted octanol–water partition coefficient (Wildman–Crippen LogP) is 2.31. The van der Waals surface area contributed by atoms with Crippen molar-refractivity contribution in [2.24, 2.45) is 11.7 Å². The largest absolute Gasteiger partial charge is 0.494 e. The van der Waals surface area contributed by atoms with E-state index in [4.69, 9.17) is 10.5 Å².